The van der Waals surface area contributed by atoms with Crippen LogP contribution in [-0.4, -0.2) is 38.0 Å². The van der Waals surface area contributed by atoms with Crippen LogP contribution >= 0.6 is 15.9 Å². The van der Waals surface area contributed by atoms with Crippen LogP contribution in [0.3, 0.4) is 0 Å². The quantitative estimate of drug-likeness (QED) is 0.324. The molecule has 1 aliphatic heterocycles. The maximum absolute atomic E-state index is 11.4. The van der Waals surface area contributed by atoms with Crippen molar-refractivity contribution in [2.75, 3.05) is 0 Å². The minimum atomic E-state index is -0.824. The first-order valence-electron chi connectivity index (χ1n) is 5.96. The van der Waals surface area contributed by atoms with Gasteiger partial charge < -0.3 is 5.11 Å². The zero-order valence-corrected chi connectivity index (χ0v) is 11.8. The Bertz CT molecular complexity index is 431. The van der Waals surface area contributed by atoms with Crippen LogP contribution in [0, 0.1) is 23.7 Å². The van der Waals surface area contributed by atoms with Gasteiger partial charge in [0.25, 0.3) is 11.8 Å². The number of aliphatic carboxylic acids is 1. The molecule has 0 aromatic rings. The number of imide groups is 1. The summed E-state index contributed by atoms with van der Waals surface area (Å²) in [5.74, 6) is -1.82. The number of nitrogens with zero attached hydrogens (tertiary/aromatic N) is 1. The molecule has 1 saturated carbocycles. The lowest BCUT2D eigenvalue weighted by atomic mass is 9.85. The Morgan fingerprint density at radius 2 is 1.68 bits per heavy atom. The van der Waals surface area contributed by atoms with Crippen molar-refractivity contribution < 1.29 is 24.7 Å². The summed E-state index contributed by atoms with van der Waals surface area (Å²) < 4.78 is 0. The van der Waals surface area contributed by atoms with Crippen molar-refractivity contribution in [2.24, 2.45) is 23.7 Å². The highest BCUT2D eigenvalue weighted by atomic mass is 79.9. The fourth-order valence-electron chi connectivity index (χ4n) is 2.89. The molecule has 2 aliphatic carbocycles. The van der Waals surface area contributed by atoms with Crippen LogP contribution < -0.4 is 0 Å². The number of hydroxylamine groups is 2. The molecule has 6 nitrogen and oxygen atoms in total. The van der Waals surface area contributed by atoms with Crippen LogP contribution in [0.25, 0.3) is 0 Å². The summed E-state index contributed by atoms with van der Waals surface area (Å²) >= 11 is 2.84. The van der Waals surface area contributed by atoms with Gasteiger partial charge in [-0.3, -0.25) is 19.6 Å². The summed E-state index contributed by atoms with van der Waals surface area (Å²) in [6.07, 6.45) is 4.90. The van der Waals surface area contributed by atoms with Gasteiger partial charge in [0.1, 0.15) is 4.83 Å². The third kappa shape index (κ3) is 2.32. The molecule has 2 N–H and O–H groups in total. The SMILES string of the molecule is CC(Br)C(=O)O.O=C1C2C3C=CC(C3)C2C(=O)N1O. The molecule has 5 unspecified atom stereocenters. The van der Waals surface area contributed by atoms with Gasteiger partial charge >= 0.3 is 5.97 Å². The molecule has 0 radical (unpaired) electrons. The highest BCUT2D eigenvalue weighted by molar-refractivity contribution is 9.10. The highest BCUT2D eigenvalue weighted by Crippen LogP contribution is 2.51. The lowest BCUT2D eigenvalue weighted by molar-refractivity contribution is -0.173. The Kier molecular flexibility index (Phi) is 3.78. The number of alkyl halides is 1. The van der Waals surface area contributed by atoms with Crippen molar-refractivity contribution in [3.63, 3.8) is 0 Å². The Balaban J connectivity index is 0.000000192. The van der Waals surface area contributed by atoms with E-state index in [1.807, 2.05) is 12.2 Å². The number of rotatable bonds is 1. The fraction of sp³-hybridized carbons (Fsp3) is 0.583. The van der Waals surface area contributed by atoms with Crippen LogP contribution in [0.5, 0.6) is 0 Å². The molecule has 1 heterocycles. The van der Waals surface area contributed by atoms with E-state index in [4.69, 9.17) is 10.3 Å². The van der Waals surface area contributed by atoms with E-state index >= 15 is 0 Å². The lowest BCUT2D eigenvalue weighted by Gasteiger charge is -2.13. The Labute approximate surface area is 118 Å². The van der Waals surface area contributed by atoms with E-state index in [2.05, 4.69) is 15.9 Å². The third-order valence-electron chi connectivity index (χ3n) is 3.79. The topological polar surface area (TPSA) is 94.9 Å². The monoisotopic (exact) mass is 331 g/mol. The Morgan fingerprint density at radius 3 is 2.00 bits per heavy atom. The Morgan fingerprint density at radius 1 is 1.32 bits per heavy atom. The molecule has 104 valence electrons. The summed E-state index contributed by atoms with van der Waals surface area (Å²) in [5, 5.41) is 17.4. The summed E-state index contributed by atoms with van der Waals surface area (Å²) in [6.45, 7) is 1.56. The highest BCUT2D eigenvalue weighted by Gasteiger charge is 2.59. The van der Waals surface area contributed by atoms with Gasteiger partial charge in [0.2, 0.25) is 0 Å². The van der Waals surface area contributed by atoms with Crippen LogP contribution in [0.4, 0.5) is 0 Å². The van der Waals surface area contributed by atoms with Crippen LogP contribution in [0.2, 0.25) is 0 Å². The van der Waals surface area contributed by atoms with Crippen molar-refractivity contribution in [2.45, 2.75) is 18.2 Å². The molecule has 2 bridgehead atoms. The number of allylic oxidation sites excluding steroid dienone is 2. The second-order valence-electron chi connectivity index (χ2n) is 4.94. The fourth-order valence-corrected chi connectivity index (χ4v) is 2.89. The second-order valence-corrected chi connectivity index (χ2v) is 6.32. The van der Waals surface area contributed by atoms with E-state index in [-0.39, 0.29) is 23.7 Å². The van der Waals surface area contributed by atoms with Crippen LogP contribution in [0.15, 0.2) is 12.2 Å². The molecule has 2 amide bonds. The molecule has 0 aromatic heterocycles. The van der Waals surface area contributed by atoms with Gasteiger partial charge in [0.15, 0.2) is 0 Å². The van der Waals surface area contributed by atoms with E-state index in [0.29, 0.717) is 5.06 Å². The molecular weight excluding hydrogens is 318 g/mol. The molecule has 1 saturated heterocycles. The van der Waals surface area contributed by atoms with Gasteiger partial charge in [0, 0.05) is 0 Å². The van der Waals surface area contributed by atoms with Crippen LogP contribution in [0.1, 0.15) is 13.3 Å². The number of carboxylic acid groups (broad SMARTS) is 1. The zero-order chi connectivity index (χ0) is 14.3. The molecule has 19 heavy (non-hydrogen) atoms. The molecule has 2 fully saturated rings. The molecule has 5 atom stereocenters. The number of carbonyl (C=O) groups excluding carboxylic acids is 2. The zero-order valence-electron chi connectivity index (χ0n) is 10.2. The normalized spacial score (nSPS) is 36.1. The number of amides is 2. The maximum Gasteiger partial charge on any atom is 0.316 e. The number of carbonyl (C=O) groups is 3. The van der Waals surface area contributed by atoms with E-state index in [0.717, 1.165) is 6.42 Å². The van der Waals surface area contributed by atoms with Gasteiger partial charge in [-0.15, -0.1) is 0 Å². The summed E-state index contributed by atoms with van der Waals surface area (Å²) in [7, 11) is 0. The first-order chi connectivity index (χ1) is 8.84. The van der Waals surface area contributed by atoms with Crippen molar-refractivity contribution in [3.8, 4) is 0 Å². The number of halogens is 1. The predicted octanol–water partition coefficient (Wildman–Crippen LogP) is 1.04. The molecule has 3 aliphatic rings. The first kappa shape index (κ1) is 14.2. The summed E-state index contributed by atoms with van der Waals surface area (Å²) in [5.41, 5.74) is 0. The number of fused-ring (bicyclic) bond motifs is 5. The van der Waals surface area contributed by atoms with Gasteiger partial charge in [-0.2, -0.15) is 5.06 Å². The molecule has 0 spiro atoms. The van der Waals surface area contributed by atoms with Crippen molar-refractivity contribution in [1.82, 2.24) is 5.06 Å². The van der Waals surface area contributed by atoms with Crippen molar-refractivity contribution >= 4 is 33.7 Å². The molecule has 0 aromatic carbocycles. The molecular formula is C12H14BrNO5. The van der Waals surface area contributed by atoms with E-state index in [9.17, 15) is 14.4 Å². The maximum atomic E-state index is 11.4. The largest absolute Gasteiger partial charge is 0.480 e. The lowest BCUT2D eigenvalue weighted by Crippen LogP contribution is -2.29. The number of hydrogen-bond donors (Lipinski definition) is 2. The number of hydrogen-bond acceptors (Lipinski definition) is 4. The average Bonchev–Trinajstić information content (AvgIpc) is 3.01. The van der Waals surface area contributed by atoms with Gasteiger partial charge in [-0.25, -0.2) is 0 Å². The smallest absolute Gasteiger partial charge is 0.316 e. The van der Waals surface area contributed by atoms with Crippen LogP contribution in [-0.2, 0) is 14.4 Å². The van der Waals surface area contributed by atoms with Gasteiger partial charge in [0.05, 0.1) is 11.8 Å². The third-order valence-corrected chi connectivity index (χ3v) is 4.18. The second kappa shape index (κ2) is 5.05. The minimum Gasteiger partial charge on any atom is -0.480 e. The first-order valence-corrected chi connectivity index (χ1v) is 6.88. The van der Waals surface area contributed by atoms with Crippen molar-refractivity contribution in [3.05, 3.63) is 12.2 Å². The Hall–Kier alpha value is -1.21. The van der Waals surface area contributed by atoms with E-state index in [1.54, 1.807) is 6.92 Å². The van der Waals surface area contributed by atoms with E-state index < -0.39 is 22.6 Å². The number of carboxylic acids is 1. The molecule has 7 heteroatoms. The summed E-state index contributed by atoms with van der Waals surface area (Å²) in [4.78, 5) is 32.0. The van der Waals surface area contributed by atoms with Gasteiger partial charge in [-0.05, 0) is 25.2 Å². The average molecular weight is 332 g/mol. The van der Waals surface area contributed by atoms with Gasteiger partial charge in [-0.1, -0.05) is 28.1 Å². The van der Waals surface area contributed by atoms with Crippen molar-refractivity contribution in [1.29, 1.82) is 0 Å². The molecule has 3 rings (SSSR count). The summed E-state index contributed by atoms with van der Waals surface area (Å²) in [6, 6.07) is 0. The standard InChI is InChI=1S/C9H9NO3.C3H5BrO2/c11-8-6-4-1-2-5(3-4)7(6)9(12)10(8)13;1-2(4)3(5)6/h1-2,4-7,13H,3H2;2H,1H3,(H,5,6). The minimum absolute atomic E-state index is 0.184. The predicted molar refractivity (Wildman–Crippen MR) is 67.4 cm³/mol. The van der Waals surface area contributed by atoms with E-state index in [1.165, 1.54) is 0 Å².